The number of carbonyl (C=O) groups is 1. The largest absolute Gasteiger partial charge is 0.460 e. The Hall–Kier alpha value is -2.20. The van der Waals surface area contributed by atoms with Gasteiger partial charge in [-0.1, -0.05) is 20.8 Å². The highest BCUT2D eigenvalue weighted by Crippen LogP contribution is 2.47. The van der Waals surface area contributed by atoms with Crippen LogP contribution in [-0.4, -0.2) is 60.7 Å². The molecule has 1 fully saturated rings. The normalized spacial score (nSPS) is 22.1. The van der Waals surface area contributed by atoms with Gasteiger partial charge in [0.05, 0.1) is 6.61 Å². The molecule has 1 aromatic rings. The first-order valence-corrected chi connectivity index (χ1v) is 13.6. The van der Waals surface area contributed by atoms with Gasteiger partial charge >= 0.3 is 29.7 Å². The number of nitrogens with zero attached hydrogens (tertiary/aromatic N) is 1. The summed E-state index contributed by atoms with van der Waals surface area (Å²) in [5.41, 5.74) is -1.63. The van der Waals surface area contributed by atoms with Crippen molar-refractivity contribution in [3.05, 3.63) is 32.6 Å². The Labute approximate surface area is 201 Å². The van der Waals surface area contributed by atoms with Crippen molar-refractivity contribution in [2.45, 2.75) is 88.7 Å². The molecule has 1 aliphatic heterocycles. The second-order valence-corrected chi connectivity index (χ2v) is 14.8. The first-order valence-electron chi connectivity index (χ1n) is 10.7. The van der Waals surface area contributed by atoms with Crippen molar-refractivity contribution in [1.82, 2.24) is 9.55 Å². The standard InChI is InChI=1S/C20H27F7N2O6Si/c1-10-8-29(16(32)28-14(10)30)13-7-11(12(34-13)9-33-36(5,6)17(2,3)4)35-15(31)18(21,22)19(23,24)20(25,26)27/h8,11-13H,7,9H2,1-6H3,(H,28,30,32)/t11-,12+,13+/m0/s1. The molecule has 1 aliphatic rings. The summed E-state index contributed by atoms with van der Waals surface area (Å²) in [4.78, 5) is 37.7. The van der Waals surface area contributed by atoms with Crippen molar-refractivity contribution in [3.8, 4) is 0 Å². The number of aryl methyl sites for hydroxylation is 1. The smallest absolute Gasteiger partial charge is 0.455 e. The van der Waals surface area contributed by atoms with Gasteiger partial charge in [-0.3, -0.25) is 14.3 Å². The molecular formula is C20H27F7N2O6Si. The maximum absolute atomic E-state index is 13.9. The minimum atomic E-state index is -6.73. The molecule has 3 atom stereocenters. The van der Waals surface area contributed by atoms with Crippen LogP contribution in [0.5, 0.6) is 0 Å². The van der Waals surface area contributed by atoms with Crippen LogP contribution >= 0.6 is 0 Å². The number of nitrogens with one attached hydrogen (secondary N) is 1. The van der Waals surface area contributed by atoms with Crippen LogP contribution in [0.2, 0.25) is 18.1 Å². The Morgan fingerprint density at radius 2 is 1.69 bits per heavy atom. The molecule has 0 amide bonds. The summed E-state index contributed by atoms with van der Waals surface area (Å²) >= 11 is 0. The molecule has 2 heterocycles. The molecule has 206 valence electrons. The molecule has 0 spiro atoms. The molecule has 0 radical (unpaired) electrons. The highest BCUT2D eigenvalue weighted by Gasteiger charge is 2.77. The highest BCUT2D eigenvalue weighted by atomic mass is 28.4. The fourth-order valence-corrected chi connectivity index (χ4v) is 3.98. The topological polar surface area (TPSA) is 99.6 Å². The quantitative estimate of drug-likeness (QED) is 0.313. The maximum atomic E-state index is 13.9. The van der Waals surface area contributed by atoms with E-state index >= 15 is 0 Å². The predicted octanol–water partition coefficient (Wildman–Crippen LogP) is 3.90. The molecule has 8 nitrogen and oxygen atoms in total. The van der Waals surface area contributed by atoms with Crippen LogP contribution in [0.25, 0.3) is 0 Å². The fourth-order valence-electron chi connectivity index (χ4n) is 2.97. The SMILES string of the molecule is Cc1cn([C@H]2C[C@H](OC(=O)C(F)(F)C(F)(F)C(F)(F)F)[C@@H](CO[Si](C)(C)C(C)(C)C)O2)c(=O)[nH]c1=O. The fraction of sp³-hybridized carbons (Fsp3) is 0.750. The van der Waals surface area contributed by atoms with Crippen LogP contribution in [0.15, 0.2) is 15.8 Å². The highest BCUT2D eigenvalue weighted by molar-refractivity contribution is 6.74. The molecule has 36 heavy (non-hydrogen) atoms. The summed E-state index contributed by atoms with van der Waals surface area (Å²) in [7, 11) is -2.52. The van der Waals surface area contributed by atoms with Crippen LogP contribution in [0.4, 0.5) is 30.7 Å². The van der Waals surface area contributed by atoms with Crippen molar-refractivity contribution in [1.29, 1.82) is 0 Å². The molecule has 1 aromatic heterocycles. The third-order valence-corrected chi connectivity index (χ3v) is 10.8. The molecular weight excluding hydrogens is 525 g/mol. The van der Waals surface area contributed by atoms with Gasteiger partial charge < -0.3 is 13.9 Å². The van der Waals surface area contributed by atoms with Crippen molar-refractivity contribution in [2.75, 3.05) is 6.61 Å². The molecule has 0 aliphatic carbocycles. The lowest BCUT2D eigenvalue weighted by molar-refractivity contribution is -0.349. The Kier molecular flexibility index (Phi) is 8.00. The summed E-state index contributed by atoms with van der Waals surface area (Å²) < 4.78 is 109. The van der Waals surface area contributed by atoms with E-state index < -0.39 is 75.0 Å². The minimum absolute atomic E-state index is 0.0593. The number of H-pyrrole nitrogens is 1. The van der Waals surface area contributed by atoms with Crippen molar-refractivity contribution < 1.29 is 49.4 Å². The van der Waals surface area contributed by atoms with E-state index in [0.717, 1.165) is 10.8 Å². The van der Waals surface area contributed by atoms with E-state index in [9.17, 15) is 45.1 Å². The number of hydrogen-bond donors (Lipinski definition) is 1. The number of aromatic amines is 1. The number of rotatable bonds is 7. The minimum Gasteiger partial charge on any atom is -0.455 e. The van der Waals surface area contributed by atoms with Crippen molar-refractivity contribution in [3.63, 3.8) is 0 Å². The van der Waals surface area contributed by atoms with E-state index in [0.29, 0.717) is 0 Å². The number of carbonyl (C=O) groups excluding carboxylic acids is 1. The van der Waals surface area contributed by atoms with E-state index in [1.165, 1.54) is 6.92 Å². The molecule has 0 unspecified atom stereocenters. The summed E-state index contributed by atoms with van der Waals surface area (Å²) in [5, 5.41) is -0.341. The van der Waals surface area contributed by atoms with Gasteiger partial charge in [-0.15, -0.1) is 0 Å². The zero-order chi connectivity index (χ0) is 28.1. The number of alkyl halides is 7. The van der Waals surface area contributed by atoms with E-state index in [2.05, 4.69) is 4.74 Å². The Morgan fingerprint density at radius 1 is 1.14 bits per heavy atom. The Balaban J connectivity index is 2.38. The molecule has 1 N–H and O–H groups in total. The lowest BCUT2D eigenvalue weighted by Gasteiger charge is -2.37. The first-order chi connectivity index (χ1) is 16.0. The summed E-state index contributed by atoms with van der Waals surface area (Å²) in [6.07, 6.45) is -10.7. The van der Waals surface area contributed by atoms with Crippen LogP contribution in [0.1, 0.15) is 39.0 Å². The average molecular weight is 553 g/mol. The van der Waals surface area contributed by atoms with Crippen LogP contribution in [-0.2, 0) is 18.7 Å². The predicted molar refractivity (Wildman–Crippen MR) is 114 cm³/mol. The second kappa shape index (κ2) is 9.59. The monoisotopic (exact) mass is 552 g/mol. The number of hydrogen-bond acceptors (Lipinski definition) is 6. The molecule has 0 saturated carbocycles. The number of esters is 1. The van der Waals surface area contributed by atoms with Gasteiger partial charge in [0.15, 0.2) is 8.32 Å². The molecule has 0 aromatic carbocycles. The number of halogens is 7. The van der Waals surface area contributed by atoms with Crippen molar-refractivity contribution >= 4 is 14.3 Å². The van der Waals surface area contributed by atoms with Gasteiger partial charge in [-0.2, -0.15) is 30.7 Å². The van der Waals surface area contributed by atoms with E-state index in [4.69, 9.17) is 9.16 Å². The summed E-state index contributed by atoms with van der Waals surface area (Å²) in [6, 6.07) is 0. The van der Waals surface area contributed by atoms with E-state index in [1.807, 2.05) is 38.8 Å². The Bertz CT molecular complexity index is 1090. The lowest BCUT2D eigenvalue weighted by Crippen LogP contribution is -2.57. The third kappa shape index (κ3) is 5.69. The van der Waals surface area contributed by atoms with Crippen molar-refractivity contribution in [2.24, 2.45) is 0 Å². The third-order valence-electron chi connectivity index (χ3n) is 6.32. The van der Waals surface area contributed by atoms with Gasteiger partial charge in [0.2, 0.25) is 0 Å². The zero-order valence-electron chi connectivity index (χ0n) is 20.3. The van der Waals surface area contributed by atoms with Gasteiger partial charge in [0, 0.05) is 18.2 Å². The maximum Gasteiger partial charge on any atom is 0.460 e. The van der Waals surface area contributed by atoms with Gasteiger partial charge in [0.1, 0.15) is 18.4 Å². The second-order valence-electron chi connectivity index (χ2n) is 10.0. The Morgan fingerprint density at radius 3 is 2.19 bits per heavy atom. The molecule has 2 rings (SSSR count). The summed E-state index contributed by atoms with van der Waals surface area (Å²) in [6.45, 7) is 10.2. The first kappa shape index (κ1) is 30.0. The van der Waals surface area contributed by atoms with Gasteiger partial charge in [0.25, 0.3) is 5.56 Å². The van der Waals surface area contributed by atoms with Gasteiger partial charge in [-0.05, 0) is 25.1 Å². The molecule has 0 bridgehead atoms. The number of aromatic nitrogens is 2. The van der Waals surface area contributed by atoms with Crippen LogP contribution in [0, 0.1) is 6.92 Å². The zero-order valence-corrected chi connectivity index (χ0v) is 21.3. The molecule has 16 heteroatoms. The van der Waals surface area contributed by atoms with E-state index in [-0.39, 0.29) is 10.6 Å². The van der Waals surface area contributed by atoms with E-state index in [1.54, 1.807) is 0 Å². The number of ether oxygens (including phenoxy) is 2. The van der Waals surface area contributed by atoms with Gasteiger partial charge in [-0.25, -0.2) is 9.59 Å². The van der Waals surface area contributed by atoms with Crippen LogP contribution in [0.3, 0.4) is 0 Å². The summed E-state index contributed by atoms with van der Waals surface area (Å²) in [5.74, 6) is -16.0. The average Bonchev–Trinajstić information content (AvgIpc) is 3.09. The lowest BCUT2D eigenvalue weighted by atomic mass is 10.1. The molecule has 1 saturated heterocycles. The van der Waals surface area contributed by atoms with Crippen LogP contribution < -0.4 is 11.2 Å².